The highest BCUT2D eigenvalue weighted by Crippen LogP contribution is 2.47. The molecular formula is C15H31B3NOP. The lowest BCUT2D eigenvalue weighted by Gasteiger charge is -2.32. The topological polar surface area (TPSA) is 12.5 Å². The molecule has 0 amide bonds. The lowest BCUT2D eigenvalue weighted by Crippen LogP contribution is -2.20. The molecule has 0 aromatic heterocycles. The van der Waals surface area contributed by atoms with Crippen LogP contribution in [0.1, 0.15) is 90.9 Å². The second-order valence-corrected chi connectivity index (χ2v) is 7.86. The van der Waals surface area contributed by atoms with Crippen LogP contribution in [0, 0.1) is 0 Å². The predicted molar refractivity (Wildman–Crippen MR) is 97.6 cm³/mol. The summed E-state index contributed by atoms with van der Waals surface area (Å²) in [5.41, 5.74) is 0.392. The Bertz CT molecular complexity index is 209. The highest BCUT2D eigenvalue weighted by atomic mass is 31.2. The summed E-state index contributed by atoms with van der Waals surface area (Å²) >= 11 is 0. The van der Waals surface area contributed by atoms with Crippen molar-refractivity contribution in [2.24, 2.45) is 0 Å². The lowest BCUT2D eigenvalue weighted by atomic mass is 10.0. The zero-order chi connectivity index (χ0) is 15.9. The van der Waals surface area contributed by atoms with Gasteiger partial charge in [-0.05, 0) is 12.8 Å². The van der Waals surface area contributed by atoms with Crippen molar-refractivity contribution in [2.75, 3.05) is 0 Å². The Labute approximate surface area is 138 Å². The first kappa shape index (κ1) is 21.5. The van der Waals surface area contributed by atoms with Gasteiger partial charge in [0.25, 0.3) is 8.05 Å². The normalized spacial score (nSPS) is 13.1. The summed E-state index contributed by atoms with van der Waals surface area (Å²) < 4.78 is 6.26. The molecule has 0 aromatic carbocycles. The molecule has 0 aliphatic heterocycles. The number of hydrogen-bond acceptors (Lipinski definition) is 2. The van der Waals surface area contributed by atoms with Gasteiger partial charge in [0.1, 0.15) is 0 Å². The predicted octanol–water partition coefficient (Wildman–Crippen LogP) is 4.96. The Kier molecular flexibility index (Phi) is 15.8. The third-order valence-corrected chi connectivity index (χ3v) is 5.74. The average Bonchev–Trinajstić information content (AvgIpc) is 2.46. The Morgan fingerprint density at radius 2 is 1.24 bits per heavy atom. The van der Waals surface area contributed by atoms with E-state index < -0.39 is 8.30 Å². The molecule has 1 atom stereocenters. The Morgan fingerprint density at radius 1 is 0.810 bits per heavy atom. The van der Waals surface area contributed by atoms with Crippen LogP contribution in [0.3, 0.4) is 0 Å². The van der Waals surface area contributed by atoms with Gasteiger partial charge in [0, 0.05) is 5.66 Å². The highest BCUT2D eigenvalue weighted by Gasteiger charge is 2.21. The van der Waals surface area contributed by atoms with Gasteiger partial charge in [-0.3, -0.25) is 0 Å². The fraction of sp³-hybridized carbons (Fsp3) is 1.00. The molecule has 0 aliphatic rings. The van der Waals surface area contributed by atoms with Gasteiger partial charge >= 0.3 is 0 Å². The van der Waals surface area contributed by atoms with E-state index in [1.165, 1.54) is 68.7 Å². The summed E-state index contributed by atoms with van der Waals surface area (Å²) in [5, 5.41) is 0. The van der Waals surface area contributed by atoms with Crippen LogP contribution >= 0.6 is 8.30 Å². The molecule has 0 saturated heterocycles. The summed E-state index contributed by atoms with van der Waals surface area (Å²) in [6.45, 7) is 4.47. The van der Waals surface area contributed by atoms with Gasteiger partial charge in [-0.2, -0.15) is 0 Å². The van der Waals surface area contributed by atoms with E-state index in [9.17, 15) is 0 Å². The molecule has 116 valence electrons. The molecule has 0 aliphatic carbocycles. The third-order valence-electron chi connectivity index (χ3n) is 3.93. The fourth-order valence-electron chi connectivity index (χ4n) is 2.66. The molecule has 6 radical (unpaired) electrons. The van der Waals surface area contributed by atoms with Crippen LogP contribution in [0.25, 0.3) is 0 Å². The molecule has 0 spiro atoms. The summed E-state index contributed by atoms with van der Waals surface area (Å²) in [6.07, 6.45) is 15.1. The largest absolute Gasteiger partial charge is 0.418 e. The number of unbranched alkanes of at least 4 members (excludes halogenated alkanes) is 8. The van der Waals surface area contributed by atoms with E-state index in [1.54, 1.807) is 0 Å². The minimum Gasteiger partial charge on any atom is -0.418 e. The molecule has 0 heterocycles. The van der Waals surface area contributed by atoms with Crippen LogP contribution < -0.4 is 0 Å². The maximum Gasteiger partial charge on any atom is 0.290 e. The highest BCUT2D eigenvalue weighted by molar-refractivity contribution is 7.54. The van der Waals surface area contributed by atoms with E-state index in [-0.39, 0.29) is 0 Å². The van der Waals surface area contributed by atoms with Crippen molar-refractivity contribution in [3.63, 3.8) is 0 Å². The minimum atomic E-state index is -1.06. The molecular weight excluding hydrogens is 274 g/mol. The Balaban J connectivity index is 4.08. The summed E-state index contributed by atoms with van der Waals surface area (Å²) in [4.78, 5) is 0. The maximum atomic E-state index is 5.69. The van der Waals surface area contributed by atoms with Crippen molar-refractivity contribution >= 4 is 32.3 Å². The quantitative estimate of drug-likeness (QED) is 0.241. The van der Waals surface area contributed by atoms with Crippen molar-refractivity contribution < 1.29 is 4.44 Å². The van der Waals surface area contributed by atoms with Gasteiger partial charge in [0.05, 0.1) is 8.30 Å². The van der Waals surface area contributed by atoms with E-state index in [4.69, 9.17) is 28.5 Å². The zero-order valence-corrected chi connectivity index (χ0v) is 15.0. The van der Waals surface area contributed by atoms with Crippen molar-refractivity contribution in [1.29, 1.82) is 0 Å². The van der Waals surface area contributed by atoms with Crippen molar-refractivity contribution in [3.8, 4) is 0 Å². The Morgan fingerprint density at radius 3 is 1.57 bits per heavy atom. The smallest absolute Gasteiger partial charge is 0.290 e. The molecule has 0 bridgehead atoms. The lowest BCUT2D eigenvalue weighted by molar-refractivity contribution is 0.521. The maximum absolute atomic E-state index is 5.69. The van der Waals surface area contributed by atoms with Crippen LogP contribution in [0.2, 0.25) is 0 Å². The second kappa shape index (κ2) is 15.4. The molecule has 0 fully saturated rings. The van der Waals surface area contributed by atoms with Crippen molar-refractivity contribution in [3.05, 3.63) is 0 Å². The first-order valence-corrected chi connectivity index (χ1v) is 9.91. The van der Waals surface area contributed by atoms with Gasteiger partial charge in [-0.25, -0.2) is 0 Å². The van der Waals surface area contributed by atoms with Gasteiger partial charge in [-0.15, -0.1) is 0 Å². The zero-order valence-electron chi connectivity index (χ0n) is 14.1. The molecule has 6 heteroatoms. The molecule has 0 rings (SSSR count). The van der Waals surface area contributed by atoms with E-state index in [0.717, 1.165) is 12.8 Å². The molecule has 2 nitrogen and oxygen atoms in total. The van der Waals surface area contributed by atoms with E-state index in [1.807, 2.05) is 0 Å². The monoisotopic (exact) mass is 305 g/mol. The fourth-order valence-corrected chi connectivity index (χ4v) is 4.13. The van der Waals surface area contributed by atoms with E-state index in [0.29, 0.717) is 5.66 Å². The summed E-state index contributed by atoms with van der Waals surface area (Å²) in [7, 11) is 15.7. The van der Waals surface area contributed by atoms with Crippen LogP contribution in [0.15, 0.2) is 0 Å². The summed E-state index contributed by atoms with van der Waals surface area (Å²) in [5.74, 6) is 0. The molecule has 0 N–H and O–H groups in total. The number of rotatable bonds is 15. The van der Waals surface area contributed by atoms with E-state index in [2.05, 4.69) is 13.8 Å². The summed E-state index contributed by atoms with van der Waals surface area (Å²) in [6, 6.07) is 0. The minimum absolute atomic E-state index is 0.392. The van der Waals surface area contributed by atoms with Gasteiger partial charge in [0.2, 0.25) is 0 Å². The number of hydrogen-bond donors (Lipinski definition) is 0. The van der Waals surface area contributed by atoms with Crippen molar-refractivity contribution in [1.82, 2.24) is 4.49 Å². The van der Waals surface area contributed by atoms with Gasteiger partial charge in [0.15, 0.2) is 16.0 Å². The molecule has 21 heavy (non-hydrogen) atoms. The SMILES string of the molecule is [B]OP(C(CCCCCCC)CCCCCCC)N([B])[B]. The first-order valence-electron chi connectivity index (χ1n) is 8.62. The van der Waals surface area contributed by atoms with Crippen LogP contribution in [-0.2, 0) is 4.44 Å². The molecule has 0 saturated carbocycles. The van der Waals surface area contributed by atoms with Crippen LogP contribution in [0.4, 0.5) is 0 Å². The van der Waals surface area contributed by atoms with Gasteiger partial charge < -0.3 is 8.93 Å². The standard InChI is InChI=1S/C15H31B3NOP/c1-3-5-7-9-11-13-15(21(20-18)19(16)17)14-12-10-8-6-4-2/h15H,3-14H2,1-2H3. The van der Waals surface area contributed by atoms with E-state index >= 15 is 0 Å². The third kappa shape index (κ3) is 11.7. The van der Waals surface area contributed by atoms with Gasteiger partial charge in [-0.1, -0.05) is 78.1 Å². The Hall–Kier alpha value is 0.545. The molecule has 0 aromatic rings. The number of nitrogens with zero attached hydrogens (tertiary/aromatic N) is 1. The van der Waals surface area contributed by atoms with Crippen LogP contribution in [-0.4, -0.2) is 34.2 Å². The first-order chi connectivity index (χ1) is 10.2. The van der Waals surface area contributed by atoms with Crippen molar-refractivity contribution in [2.45, 2.75) is 96.6 Å². The molecule has 1 unspecified atom stereocenters. The van der Waals surface area contributed by atoms with Crippen LogP contribution in [0.5, 0.6) is 0 Å². The average molecular weight is 305 g/mol. The second-order valence-electron chi connectivity index (χ2n) is 5.85.